The molecule has 3 unspecified atom stereocenters. The molecule has 0 bridgehead atoms. The van der Waals surface area contributed by atoms with Gasteiger partial charge in [0.25, 0.3) is 10.1 Å². The van der Waals surface area contributed by atoms with Crippen LogP contribution >= 0.6 is 0 Å². The van der Waals surface area contributed by atoms with Crippen molar-refractivity contribution in [2.24, 2.45) is 0 Å². The van der Waals surface area contributed by atoms with Crippen molar-refractivity contribution in [1.29, 1.82) is 0 Å². The SMILES string of the molecule is CC1(C)C2=[N+](CCC3OC4CCN5C(=C4C=C23)C(C)(CCCCS(=O)(=O)O)c2c5ccc3ccccc23)c2ccc(CC(=O)O)cc21. The van der Waals surface area contributed by atoms with Gasteiger partial charge in [-0.1, -0.05) is 42.8 Å². The summed E-state index contributed by atoms with van der Waals surface area (Å²) in [6, 6.07) is 19.0. The number of aliphatic carboxylic acids is 1. The van der Waals surface area contributed by atoms with Gasteiger partial charge in [-0.3, -0.25) is 9.35 Å². The van der Waals surface area contributed by atoms with Crippen LogP contribution in [0.5, 0.6) is 0 Å². The Labute approximate surface area is 275 Å². The number of anilines is 1. The molecule has 47 heavy (non-hydrogen) atoms. The molecule has 0 amide bonds. The van der Waals surface area contributed by atoms with E-state index in [-0.39, 0.29) is 29.8 Å². The van der Waals surface area contributed by atoms with Crippen LogP contribution in [0.2, 0.25) is 0 Å². The van der Waals surface area contributed by atoms with Crippen molar-refractivity contribution in [3.05, 3.63) is 94.2 Å². The number of hydrogen-bond donors (Lipinski definition) is 2. The van der Waals surface area contributed by atoms with Crippen molar-refractivity contribution in [2.45, 2.75) is 82.3 Å². The number of carboxylic acids is 1. The highest BCUT2D eigenvalue weighted by Gasteiger charge is 2.55. The molecule has 0 fully saturated rings. The van der Waals surface area contributed by atoms with Crippen LogP contribution in [0.15, 0.2) is 77.5 Å². The number of unbranched alkanes of at least 4 members (excludes halogenated alkanes) is 1. The predicted octanol–water partition coefficient (Wildman–Crippen LogP) is 6.43. The van der Waals surface area contributed by atoms with Crippen LogP contribution in [0.1, 0.15) is 69.6 Å². The van der Waals surface area contributed by atoms with E-state index < -0.39 is 21.5 Å². The standard InChI is InChI=1S/C38H40N2O6S/c1-37(2)28-20-23(21-33(41)42)10-12-29(28)39-17-14-31-26(35(37)39)22-27-32(46-31)15-18-40-30-13-11-24-8-4-5-9-25(24)34(30)38(3,36(27)40)16-6-7-19-47(43,44)45/h4-5,8-13,20,22,31-32H,6-7,14-19,21H2,1-3H3,(H-,41,42,43,44,45)/p+1. The Morgan fingerprint density at radius 3 is 2.64 bits per heavy atom. The third kappa shape index (κ3) is 4.72. The first-order valence-corrected chi connectivity index (χ1v) is 18.3. The first kappa shape index (κ1) is 30.5. The molecule has 5 aliphatic heterocycles. The van der Waals surface area contributed by atoms with Crippen LogP contribution in [-0.4, -0.2) is 65.4 Å². The van der Waals surface area contributed by atoms with Gasteiger partial charge in [-0.05, 0) is 80.1 Å². The van der Waals surface area contributed by atoms with Crippen molar-refractivity contribution in [1.82, 2.24) is 0 Å². The number of rotatable bonds is 7. The fourth-order valence-electron chi connectivity index (χ4n) is 9.33. The zero-order valence-corrected chi connectivity index (χ0v) is 27.9. The summed E-state index contributed by atoms with van der Waals surface area (Å²) in [5, 5.41) is 11.9. The molecular weight excluding hydrogens is 612 g/mol. The summed E-state index contributed by atoms with van der Waals surface area (Å²) in [5.41, 5.74) is 9.75. The third-order valence-electron chi connectivity index (χ3n) is 11.2. The number of carbonyl (C=O) groups is 1. The molecule has 8 nitrogen and oxygen atoms in total. The van der Waals surface area contributed by atoms with Crippen LogP contribution in [0, 0.1) is 0 Å². The van der Waals surface area contributed by atoms with Gasteiger partial charge in [0.05, 0.1) is 29.8 Å². The molecule has 2 N–H and O–H groups in total. The summed E-state index contributed by atoms with van der Waals surface area (Å²) < 4.78 is 42.1. The normalized spacial score (nSPS) is 25.5. The van der Waals surface area contributed by atoms with Crippen LogP contribution < -0.4 is 4.90 Å². The second-order valence-corrected chi connectivity index (χ2v) is 16.1. The summed E-state index contributed by atoms with van der Waals surface area (Å²) in [6.45, 7) is 8.48. The van der Waals surface area contributed by atoms with Crippen LogP contribution in [0.25, 0.3) is 10.8 Å². The minimum absolute atomic E-state index is 0.00105. The maximum absolute atomic E-state index is 11.6. The molecule has 3 aromatic carbocycles. The molecule has 8 rings (SSSR count). The molecular formula is C38H41N2O6S+. The summed E-state index contributed by atoms with van der Waals surface area (Å²) in [7, 11) is -4.03. The second-order valence-electron chi connectivity index (χ2n) is 14.5. The summed E-state index contributed by atoms with van der Waals surface area (Å²) in [4.78, 5) is 14.0. The summed E-state index contributed by atoms with van der Waals surface area (Å²) >= 11 is 0. The van der Waals surface area contributed by atoms with Crippen LogP contribution in [0.3, 0.4) is 0 Å². The van der Waals surface area contributed by atoms with Gasteiger partial charge in [0.15, 0.2) is 12.3 Å². The van der Waals surface area contributed by atoms with Gasteiger partial charge < -0.3 is 14.7 Å². The number of benzene rings is 3. The van der Waals surface area contributed by atoms with Crippen LogP contribution in [0.4, 0.5) is 11.4 Å². The van der Waals surface area contributed by atoms with Gasteiger partial charge in [0.2, 0.25) is 5.69 Å². The number of nitrogens with zero attached hydrogens (tertiary/aromatic N) is 2. The molecule has 0 radical (unpaired) electrons. The molecule has 0 saturated carbocycles. The van der Waals surface area contributed by atoms with E-state index in [1.54, 1.807) is 0 Å². The van der Waals surface area contributed by atoms with Crippen molar-refractivity contribution >= 4 is 43.9 Å². The van der Waals surface area contributed by atoms with Crippen molar-refractivity contribution in [2.75, 3.05) is 23.7 Å². The van der Waals surface area contributed by atoms with Gasteiger partial charge in [0, 0.05) is 52.5 Å². The molecule has 3 atom stereocenters. The molecule has 5 aliphatic rings. The molecule has 0 aliphatic carbocycles. The summed E-state index contributed by atoms with van der Waals surface area (Å²) in [6.07, 6.45) is 5.91. The van der Waals surface area contributed by atoms with Crippen LogP contribution in [-0.2, 0) is 36.9 Å². The lowest BCUT2D eigenvalue weighted by Crippen LogP contribution is -2.47. The fourth-order valence-corrected chi connectivity index (χ4v) is 9.90. The lowest BCUT2D eigenvalue weighted by molar-refractivity contribution is -0.445. The zero-order valence-electron chi connectivity index (χ0n) is 27.1. The number of ether oxygens (including phenoxy) is 1. The summed E-state index contributed by atoms with van der Waals surface area (Å²) in [5.74, 6) is -1.07. The topological polar surface area (TPSA) is 107 Å². The molecule has 0 aromatic heterocycles. The smallest absolute Gasteiger partial charge is 0.307 e. The Hall–Kier alpha value is -3.79. The Morgan fingerprint density at radius 2 is 1.85 bits per heavy atom. The van der Waals surface area contributed by atoms with Gasteiger partial charge in [0.1, 0.15) is 0 Å². The Balaban J connectivity index is 1.28. The largest absolute Gasteiger partial charge is 0.481 e. The second kappa shape index (κ2) is 10.6. The van der Waals surface area contributed by atoms with Gasteiger partial charge in [-0.15, -0.1) is 0 Å². The minimum Gasteiger partial charge on any atom is -0.481 e. The molecule has 9 heteroatoms. The van der Waals surface area contributed by atoms with Gasteiger partial charge in [-0.2, -0.15) is 13.0 Å². The highest BCUT2D eigenvalue weighted by molar-refractivity contribution is 7.85. The lowest BCUT2D eigenvalue weighted by Gasteiger charge is -2.43. The fraction of sp³-hybridized carbons (Fsp3) is 0.421. The Morgan fingerprint density at radius 1 is 1.04 bits per heavy atom. The average Bonchev–Trinajstić information content (AvgIpc) is 3.42. The minimum atomic E-state index is -4.03. The van der Waals surface area contributed by atoms with Gasteiger partial charge in [-0.25, -0.2) is 0 Å². The lowest BCUT2D eigenvalue weighted by atomic mass is 9.71. The quantitative estimate of drug-likeness (QED) is 0.172. The molecule has 0 spiro atoms. The molecule has 5 heterocycles. The highest BCUT2D eigenvalue weighted by Crippen LogP contribution is 2.57. The first-order valence-electron chi connectivity index (χ1n) is 16.7. The van der Waals surface area contributed by atoms with E-state index in [0.29, 0.717) is 12.8 Å². The van der Waals surface area contributed by atoms with E-state index in [1.165, 1.54) is 44.6 Å². The molecule has 0 saturated heterocycles. The molecule has 244 valence electrons. The predicted molar refractivity (Wildman–Crippen MR) is 183 cm³/mol. The van der Waals surface area contributed by atoms with Gasteiger partial charge >= 0.3 is 5.97 Å². The van der Waals surface area contributed by atoms with E-state index >= 15 is 0 Å². The highest BCUT2D eigenvalue weighted by atomic mass is 32.2. The van der Waals surface area contributed by atoms with Crippen molar-refractivity contribution < 1.29 is 32.2 Å². The first-order chi connectivity index (χ1) is 22.4. The zero-order chi connectivity index (χ0) is 32.9. The maximum Gasteiger partial charge on any atom is 0.307 e. The molecule has 3 aromatic rings. The monoisotopic (exact) mass is 653 g/mol. The number of carboxylic acid groups (broad SMARTS) is 1. The number of allylic oxidation sites excluding steroid dienone is 1. The number of hydrogen-bond acceptors (Lipinski definition) is 5. The van der Waals surface area contributed by atoms with E-state index in [4.69, 9.17) is 4.74 Å². The van der Waals surface area contributed by atoms with Crippen molar-refractivity contribution in [3.63, 3.8) is 0 Å². The van der Waals surface area contributed by atoms with E-state index in [1.807, 2.05) is 6.07 Å². The van der Waals surface area contributed by atoms with E-state index in [9.17, 15) is 22.9 Å². The van der Waals surface area contributed by atoms with E-state index in [0.717, 1.165) is 49.2 Å². The number of fused-ring (bicyclic) bond motifs is 10. The average molecular weight is 654 g/mol. The van der Waals surface area contributed by atoms with Crippen molar-refractivity contribution in [3.8, 4) is 0 Å². The van der Waals surface area contributed by atoms with E-state index in [2.05, 4.69) is 84.9 Å². The Bertz CT molecular complexity index is 2080. The Kier molecular flexibility index (Phi) is 6.89. The maximum atomic E-state index is 11.6. The third-order valence-corrected chi connectivity index (χ3v) is 12.0.